The zero-order valence-electron chi connectivity index (χ0n) is 8.80. The van der Waals surface area contributed by atoms with Gasteiger partial charge < -0.3 is 0 Å². The molecule has 1 aliphatic heterocycles. The lowest BCUT2D eigenvalue weighted by atomic mass is 10.1. The molecular weight excluding hydrogens is 224 g/mol. The summed E-state index contributed by atoms with van der Waals surface area (Å²) in [5.74, 6) is 0. The van der Waals surface area contributed by atoms with E-state index < -0.39 is 0 Å². The van der Waals surface area contributed by atoms with Crippen LogP contribution in [-0.2, 0) is 0 Å². The van der Waals surface area contributed by atoms with E-state index in [0.29, 0.717) is 11.1 Å². The molecule has 0 saturated carbocycles. The molecule has 16 heavy (non-hydrogen) atoms. The van der Waals surface area contributed by atoms with Crippen LogP contribution in [0.3, 0.4) is 0 Å². The predicted molar refractivity (Wildman–Crippen MR) is 62.7 cm³/mol. The van der Waals surface area contributed by atoms with Gasteiger partial charge in [0.2, 0.25) is 0 Å². The van der Waals surface area contributed by atoms with Gasteiger partial charge in [0.15, 0.2) is 0 Å². The van der Waals surface area contributed by atoms with Gasteiger partial charge in [-0.25, -0.2) is 10.00 Å². The Morgan fingerprint density at radius 1 is 1.25 bits per heavy atom. The molecule has 1 aliphatic rings. The highest BCUT2D eigenvalue weighted by atomic mass is 35.5. The fraction of sp³-hybridized carbons (Fsp3) is 0.455. The Hall–Kier alpha value is -1.13. The Morgan fingerprint density at radius 2 is 2.06 bits per heavy atom. The molecule has 2 heterocycles. The summed E-state index contributed by atoms with van der Waals surface area (Å²) in [6.45, 7) is 1.86. The number of nitrogens with zero attached hydrogens (tertiary/aromatic N) is 4. The lowest BCUT2D eigenvalue weighted by molar-refractivity contribution is 0.341. The number of piperidine rings is 1. The van der Waals surface area contributed by atoms with E-state index in [1.54, 1.807) is 0 Å². The average molecular weight is 236 g/mol. The standard InChI is InChI=1S/C11H12ClN4/c12-8-1-2-11-10(7-8)14-15-16(11)9-3-5-13-6-4-9/h1-2,7,9H,3-6H2. The van der Waals surface area contributed by atoms with Crippen molar-refractivity contribution >= 4 is 22.6 Å². The molecule has 1 fully saturated rings. The first-order valence-electron chi connectivity index (χ1n) is 5.48. The Balaban J connectivity index is 2.03. The van der Waals surface area contributed by atoms with Gasteiger partial charge in [0.05, 0.1) is 11.6 Å². The van der Waals surface area contributed by atoms with Crippen LogP contribution >= 0.6 is 11.6 Å². The van der Waals surface area contributed by atoms with Gasteiger partial charge in [-0.15, -0.1) is 5.10 Å². The van der Waals surface area contributed by atoms with Crippen molar-refractivity contribution in [3.8, 4) is 0 Å². The molecule has 0 spiro atoms. The molecule has 0 aliphatic carbocycles. The fourth-order valence-electron chi connectivity index (χ4n) is 2.17. The van der Waals surface area contributed by atoms with Gasteiger partial charge in [0.25, 0.3) is 0 Å². The molecule has 1 radical (unpaired) electrons. The van der Waals surface area contributed by atoms with Crippen molar-refractivity contribution in [3.63, 3.8) is 0 Å². The maximum atomic E-state index is 5.92. The van der Waals surface area contributed by atoms with Crippen molar-refractivity contribution in [2.75, 3.05) is 13.1 Å². The van der Waals surface area contributed by atoms with E-state index in [2.05, 4.69) is 15.6 Å². The van der Waals surface area contributed by atoms with Crippen LogP contribution in [0, 0.1) is 0 Å². The van der Waals surface area contributed by atoms with Crippen molar-refractivity contribution in [2.24, 2.45) is 0 Å². The van der Waals surface area contributed by atoms with E-state index in [0.717, 1.165) is 37.0 Å². The smallest absolute Gasteiger partial charge is 0.114 e. The van der Waals surface area contributed by atoms with E-state index in [1.165, 1.54) is 0 Å². The summed E-state index contributed by atoms with van der Waals surface area (Å²) >= 11 is 5.92. The molecule has 0 amide bonds. The molecule has 1 saturated heterocycles. The minimum Gasteiger partial charge on any atom is -0.242 e. The van der Waals surface area contributed by atoms with Crippen LogP contribution in [-0.4, -0.2) is 28.1 Å². The Labute approximate surface area is 98.6 Å². The van der Waals surface area contributed by atoms with Gasteiger partial charge in [-0.1, -0.05) is 16.8 Å². The predicted octanol–water partition coefficient (Wildman–Crippen LogP) is 2.02. The molecule has 5 heteroatoms. The van der Waals surface area contributed by atoms with E-state index in [4.69, 9.17) is 11.6 Å². The van der Waals surface area contributed by atoms with E-state index >= 15 is 0 Å². The lowest BCUT2D eigenvalue weighted by Crippen LogP contribution is -2.25. The SMILES string of the molecule is Clc1ccc2c(c1)nnn2C1CC[N]CC1. The number of hydrogen-bond acceptors (Lipinski definition) is 2. The van der Waals surface area contributed by atoms with Crippen LogP contribution in [0.15, 0.2) is 18.2 Å². The Morgan fingerprint density at radius 3 is 2.88 bits per heavy atom. The van der Waals surface area contributed by atoms with Crippen LogP contribution in [0.1, 0.15) is 18.9 Å². The van der Waals surface area contributed by atoms with Gasteiger partial charge in [-0.2, -0.15) is 0 Å². The highest BCUT2D eigenvalue weighted by molar-refractivity contribution is 6.31. The fourth-order valence-corrected chi connectivity index (χ4v) is 2.33. The maximum absolute atomic E-state index is 5.92. The quantitative estimate of drug-likeness (QED) is 0.759. The molecule has 1 aromatic carbocycles. The van der Waals surface area contributed by atoms with Crippen molar-refractivity contribution < 1.29 is 0 Å². The minimum absolute atomic E-state index is 0.434. The number of rotatable bonds is 1. The van der Waals surface area contributed by atoms with Gasteiger partial charge in [-0.3, -0.25) is 0 Å². The van der Waals surface area contributed by atoms with Crippen molar-refractivity contribution in [1.82, 2.24) is 20.3 Å². The Bertz CT molecular complexity index is 502. The number of halogens is 1. The normalized spacial score (nSPS) is 18.1. The van der Waals surface area contributed by atoms with Gasteiger partial charge >= 0.3 is 0 Å². The van der Waals surface area contributed by atoms with Crippen LogP contribution in [0.2, 0.25) is 5.02 Å². The molecule has 0 atom stereocenters. The summed E-state index contributed by atoms with van der Waals surface area (Å²) in [6.07, 6.45) is 2.11. The van der Waals surface area contributed by atoms with Crippen LogP contribution in [0.4, 0.5) is 0 Å². The van der Waals surface area contributed by atoms with Crippen molar-refractivity contribution in [1.29, 1.82) is 0 Å². The largest absolute Gasteiger partial charge is 0.242 e. The third-order valence-electron chi connectivity index (χ3n) is 3.02. The maximum Gasteiger partial charge on any atom is 0.114 e. The number of benzene rings is 1. The summed E-state index contributed by atoms with van der Waals surface area (Å²) in [5, 5.41) is 13.4. The van der Waals surface area contributed by atoms with Crippen LogP contribution < -0.4 is 5.32 Å². The summed E-state index contributed by atoms with van der Waals surface area (Å²) in [6, 6.07) is 6.16. The van der Waals surface area contributed by atoms with E-state index in [-0.39, 0.29) is 0 Å². The second kappa shape index (κ2) is 4.03. The molecule has 0 bridgehead atoms. The summed E-state index contributed by atoms with van der Waals surface area (Å²) in [4.78, 5) is 0. The van der Waals surface area contributed by atoms with Gasteiger partial charge in [0.1, 0.15) is 5.52 Å². The van der Waals surface area contributed by atoms with Crippen LogP contribution in [0.25, 0.3) is 11.0 Å². The third-order valence-corrected chi connectivity index (χ3v) is 3.25. The molecule has 3 rings (SSSR count). The van der Waals surface area contributed by atoms with Crippen molar-refractivity contribution in [2.45, 2.75) is 18.9 Å². The number of aromatic nitrogens is 3. The molecule has 4 nitrogen and oxygen atoms in total. The zero-order chi connectivity index (χ0) is 11.0. The molecule has 83 valence electrons. The molecular formula is C11H12ClN4. The summed E-state index contributed by atoms with van der Waals surface area (Å²) < 4.78 is 2.01. The molecule has 2 aromatic rings. The highest BCUT2D eigenvalue weighted by Gasteiger charge is 2.18. The highest BCUT2D eigenvalue weighted by Crippen LogP contribution is 2.24. The summed E-state index contributed by atoms with van der Waals surface area (Å²) in [5.41, 5.74) is 1.94. The van der Waals surface area contributed by atoms with E-state index in [1.807, 2.05) is 22.9 Å². The first-order chi connectivity index (χ1) is 7.84. The zero-order valence-corrected chi connectivity index (χ0v) is 9.56. The molecule has 0 N–H and O–H groups in total. The minimum atomic E-state index is 0.434. The summed E-state index contributed by atoms with van der Waals surface area (Å²) in [7, 11) is 0. The van der Waals surface area contributed by atoms with Crippen molar-refractivity contribution in [3.05, 3.63) is 23.2 Å². The number of hydrogen-bond donors (Lipinski definition) is 0. The topological polar surface area (TPSA) is 44.8 Å². The van der Waals surface area contributed by atoms with Gasteiger partial charge in [0, 0.05) is 18.1 Å². The third kappa shape index (κ3) is 1.68. The first kappa shape index (κ1) is 10.1. The Kier molecular flexibility index (Phi) is 2.53. The lowest BCUT2D eigenvalue weighted by Gasteiger charge is -2.21. The second-order valence-electron chi connectivity index (χ2n) is 4.07. The first-order valence-corrected chi connectivity index (χ1v) is 5.86. The average Bonchev–Trinajstić information content (AvgIpc) is 2.73. The van der Waals surface area contributed by atoms with Crippen LogP contribution in [0.5, 0.6) is 0 Å². The number of fused-ring (bicyclic) bond motifs is 1. The van der Waals surface area contributed by atoms with Gasteiger partial charge in [-0.05, 0) is 31.0 Å². The second-order valence-corrected chi connectivity index (χ2v) is 4.51. The van der Waals surface area contributed by atoms with E-state index in [9.17, 15) is 0 Å². The monoisotopic (exact) mass is 235 g/mol. The molecule has 0 unspecified atom stereocenters. The molecule has 1 aromatic heterocycles.